The normalized spacial score (nSPS) is 18.9. The zero-order chi connectivity index (χ0) is 13.7. The van der Waals surface area contributed by atoms with E-state index in [9.17, 15) is 4.79 Å². The molecule has 0 heterocycles. The highest BCUT2D eigenvalue weighted by Crippen LogP contribution is 2.30. The minimum absolute atomic E-state index is 0.146. The van der Waals surface area contributed by atoms with E-state index in [0.29, 0.717) is 12.5 Å². The first kappa shape index (κ1) is 14.1. The molecule has 3 heteroatoms. The molecule has 2 rings (SSSR count). The van der Waals surface area contributed by atoms with Crippen molar-refractivity contribution in [3.8, 4) is 0 Å². The Hall–Kier alpha value is -1.35. The van der Waals surface area contributed by atoms with Crippen molar-refractivity contribution in [2.24, 2.45) is 0 Å². The van der Waals surface area contributed by atoms with Gasteiger partial charge in [0.25, 0.3) is 0 Å². The number of fused-ring (bicyclic) bond motifs is 1. The SMILES string of the molecule is CCC(C)NC(=O)CCNC1CCc2ccccc21. The fourth-order valence-corrected chi connectivity index (χ4v) is 2.58. The molecule has 1 aromatic carbocycles. The molecule has 1 aromatic rings. The maximum absolute atomic E-state index is 11.7. The van der Waals surface area contributed by atoms with Crippen LogP contribution in [0.3, 0.4) is 0 Å². The maximum Gasteiger partial charge on any atom is 0.221 e. The lowest BCUT2D eigenvalue weighted by atomic mass is 10.1. The average Bonchev–Trinajstić information content (AvgIpc) is 2.82. The van der Waals surface area contributed by atoms with Crippen LogP contribution in [0.25, 0.3) is 0 Å². The van der Waals surface area contributed by atoms with Gasteiger partial charge in [0.15, 0.2) is 0 Å². The Morgan fingerprint density at radius 2 is 2.21 bits per heavy atom. The maximum atomic E-state index is 11.7. The molecule has 1 amide bonds. The van der Waals surface area contributed by atoms with E-state index in [1.807, 2.05) is 6.92 Å². The minimum Gasteiger partial charge on any atom is -0.354 e. The second-order valence-electron chi connectivity index (χ2n) is 5.37. The molecule has 0 radical (unpaired) electrons. The summed E-state index contributed by atoms with van der Waals surface area (Å²) in [6.45, 7) is 4.87. The molecule has 0 bridgehead atoms. The third-order valence-electron chi connectivity index (χ3n) is 3.90. The topological polar surface area (TPSA) is 41.1 Å². The number of amides is 1. The predicted molar refractivity (Wildman–Crippen MR) is 78.0 cm³/mol. The lowest BCUT2D eigenvalue weighted by Gasteiger charge is -2.15. The van der Waals surface area contributed by atoms with Crippen LogP contribution < -0.4 is 10.6 Å². The van der Waals surface area contributed by atoms with Gasteiger partial charge in [-0.2, -0.15) is 0 Å². The quantitative estimate of drug-likeness (QED) is 0.825. The Labute approximate surface area is 115 Å². The van der Waals surface area contributed by atoms with Gasteiger partial charge in [0.2, 0.25) is 5.91 Å². The number of carbonyl (C=O) groups excluding carboxylic acids is 1. The Kier molecular flexibility index (Phi) is 4.97. The van der Waals surface area contributed by atoms with Crippen molar-refractivity contribution in [1.29, 1.82) is 0 Å². The molecule has 0 aliphatic heterocycles. The molecule has 1 aliphatic rings. The van der Waals surface area contributed by atoms with E-state index in [-0.39, 0.29) is 11.9 Å². The summed E-state index contributed by atoms with van der Waals surface area (Å²) < 4.78 is 0. The number of benzene rings is 1. The van der Waals surface area contributed by atoms with Crippen molar-refractivity contribution >= 4 is 5.91 Å². The van der Waals surface area contributed by atoms with Crippen molar-refractivity contribution in [3.05, 3.63) is 35.4 Å². The van der Waals surface area contributed by atoms with Gasteiger partial charge < -0.3 is 10.6 Å². The predicted octanol–water partition coefficient (Wildman–Crippen LogP) is 2.57. The Morgan fingerprint density at radius 3 is 3.00 bits per heavy atom. The molecule has 1 aliphatic carbocycles. The summed E-state index contributed by atoms with van der Waals surface area (Å²) in [6.07, 6.45) is 3.83. The molecule has 0 fully saturated rings. The molecule has 2 unspecified atom stereocenters. The summed E-state index contributed by atoms with van der Waals surface area (Å²) in [5.74, 6) is 0.146. The molecule has 104 valence electrons. The number of carbonyl (C=O) groups is 1. The summed E-state index contributed by atoms with van der Waals surface area (Å²) in [4.78, 5) is 11.7. The third kappa shape index (κ3) is 3.80. The van der Waals surface area contributed by atoms with Crippen LogP contribution in [-0.4, -0.2) is 18.5 Å². The lowest BCUT2D eigenvalue weighted by molar-refractivity contribution is -0.121. The van der Waals surface area contributed by atoms with Crippen LogP contribution in [0.4, 0.5) is 0 Å². The first-order chi connectivity index (χ1) is 9.20. The van der Waals surface area contributed by atoms with Gasteiger partial charge in [-0.25, -0.2) is 0 Å². The van der Waals surface area contributed by atoms with Crippen LogP contribution in [0.2, 0.25) is 0 Å². The van der Waals surface area contributed by atoms with Crippen LogP contribution in [0.1, 0.15) is 50.3 Å². The second-order valence-corrected chi connectivity index (χ2v) is 5.37. The highest BCUT2D eigenvalue weighted by molar-refractivity contribution is 5.76. The van der Waals surface area contributed by atoms with Crippen LogP contribution in [0, 0.1) is 0 Å². The van der Waals surface area contributed by atoms with E-state index in [4.69, 9.17) is 0 Å². The molecule has 2 N–H and O–H groups in total. The van der Waals surface area contributed by atoms with E-state index >= 15 is 0 Å². The van der Waals surface area contributed by atoms with Crippen LogP contribution in [0.15, 0.2) is 24.3 Å². The van der Waals surface area contributed by atoms with E-state index in [1.165, 1.54) is 11.1 Å². The van der Waals surface area contributed by atoms with Crippen molar-refractivity contribution in [2.45, 2.75) is 51.6 Å². The second kappa shape index (κ2) is 6.71. The summed E-state index contributed by atoms with van der Waals surface area (Å²) in [5, 5.41) is 6.49. The average molecular weight is 260 g/mol. The summed E-state index contributed by atoms with van der Waals surface area (Å²) in [6, 6.07) is 9.29. The summed E-state index contributed by atoms with van der Waals surface area (Å²) in [5.41, 5.74) is 2.86. The molecular formula is C16H24N2O. The number of hydrogen-bond acceptors (Lipinski definition) is 2. The highest BCUT2D eigenvalue weighted by atomic mass is 16.1. The first-order valence-corrected chi connectivity index (χ1v) is 7.31. The highest BCUT2D eigenvalue weighted by Gasteiger charge is 2.21. The third-order valence-corrected chi connectivity index (χ3v) is 3.90. The van der Waals surface area contributed by atoms with Gasteiger partial charge in [-0.3, -0.25) is 4.79 Å². The summed E-state index contributed by atoms with van der Waals surface area (Å²) >= 11 is 0. The van der Waals surface area contributed by atoms with Gasteiger partial charge in [-0.05, 0) is 37.3 Å². The van der Waals surface area contributed by atoms with E-state index in [1.54, 1.807) is 0 Å². The Bertz CT molecular complexity index is 431. The standard InChI is InChI=1S/C16H24N2O/c1-3-12(2)18-16(19)10-11-17-15-9-8-13-6-4-5-7-14(13)15/h4-7,12,15,17H,3,8-11H2,1-2H3,(H,18,19). The van der Waals surface area contributed by atoms with E-state index in [0.717, 1.165) is 25.8 Å². The van der Waals surface area contributed by atoms with Gasteiger partial charge in [0.05, 0.1) is 0 Å². The number of rotatable bonds is 6. The molecule has 19 heavy (non-hydrogen) atoms. The van der Waals surface area contributed by atoms with Crippen molar-refractivity contribution in [3.63, 3.8) is 0 Å². The van der Waals surface area contributed by atoms with Gasteiger partial charge >= 0.3 is 0 Å². The van der Waals surface area contributed by atoms with Gasteiger partial charge in [-0.15, -0.1) is 0 Å². The van der Waals surface area contributed by atoms with E-state index < -0.39 is 0 Å². The molecule has 0 aromatic heterocycles. The van der Waals surface area contributed by atoms with Crippen molar-refractivity contribution < 1.29 is 4.79 Å². The Morgan fingerprint density at radius 1 is 1.42 bits per heavy atom. The monoisotopic (exact) mass is 260 g/mol. The molecule has 3 nitrogen and oxygen atoms in total. The smallest absolute Gasteiger partial charge is 0.221 e. The Balaban J connectivity index is 1.74. The molecule has 2 atom stereocenters. The van der Waals surface area contributed by atoms with Gasteiger partial charge in [-0.1, -0.05) is 31.2 Å². The van der Waals surface area contributed by atoms with Crippen LogP contribution in [-0.2, 0) is 11.2 Å². The number of aryl methyl sites for hydroxylation is 1. The lowest BCUT2D eigenvalue weighted by Crippen LogP contribution is -2.34. The fourth-order valence-electron chi connectivity index (χ4n) is 2.58. The number of nitrogens with one attached hydrogen (secondary N) is 2. The zero-order valence-electron chi connectivity index (χ0n) is 11.9. The van der Waals surface area contributed by atoms with Crippen molar-refractivity contribution in [2.75, 3.05) is 6.54 Å². The first-order valence-electron chi connectivity index (χ1n) is 7.31. The van der Waals surface area contributed by atoms with Crippen LogP contribution in [0.5, 0.6) is 0 Å². The van der Waals surface area contributed by atoms with Crippen molar-refractivity contribution in [1.82, 2.24) is 10.6 Å². The van der Waals surface area contributed by atoms with E-state index in [2.05, 4.69) is 41.8 Å². The van der Waals surface area contributed by atoms with Gasteiger partial charge in [0.1, 0.15) is 0 Å². The molecular weight excluding hydrogens is 236 g/mol. The molecule has 0 spiro atoms. The van der Waals surface area contributed by atoms with Gasteiger partial charge in [0, 0.05) is 25.0 Å². The zero-order valence-corrected chi connectivity index (χ0v) is 11.9. The molecule has 0 saturated heterocycles. The molecule has 0 saturated carbocycles. The minimum atomic E-state index is 0.146. The fraction of sp³-hybridized carbons (Fsp3) is 0.562. The largest absolute Gasteiger partial charge is 0.354 e. The number of hydrogen-bond donors (Lipinski definition) is 2. The summed E-state index contributed by atoms with van der Waals surface area (Å²) in [7, 11) is 0. The van der Waals surface area contributed by atoms with Crippen LogP contribution >= 0.6 is 0 Å².